The molecule has 0 radical (unpaired) electrons. The summed E-state index contributed by atoms with van der Waals surface area (Å²) in [7, 11) is -2.38. The Bertz CT molecular complexity index is 1020. The van der Waals surface area contributed by atoms with Crippen molar-refractivity contribution in [3.8, 4) is 5.75 Å². The van der Waals surface area contributed by atoms with Crippen molar-refractivity contribution in [2.24, 2.45) is 0 Å². The van der Waals surface area contributed by atoms with Gasteiger partial charge in [-0.1, -0.05) is 34.8 Å². The fraction of sp³-hybridized carbons (Fsp3) is 0.278. The first-order valence-corrected chi connectivity index (χ1v) is 11.0. The summed E-state index contributed by atoms with van der Waals surface area (Å²) in [5.74, 6) is -0.364. The van der Waals surface area contributed by atoms with Crippen molar-refractivity contribution in [3.63, 3.8) is 0 Å². The Morgan fingerprint density at radius 2 is 1.68 bits per heavy atom. The van der Waals surface area contributed by atoms with E-state index in [1.807, 2.05) is 0 Å². The summed E-state index contributed by atoms with van der Waals surface area (Å²) in [4.78, 5) is 12.6. The molecular weight excluding hydrogens is 447 g/mol. The SMILES string of the molecule is COc1ccc(C(=O)Nc2cc(Cl)c(Cl)cc2Cl)cc1S(=O)(=O)N1CCCC1. The molecule has 1 amide bonds. The monoisotopic (exact) mass is 462 g/mol. The van der Waals surface area contributed by atoms with Gasteiger partial charge in [0.1, 0.15) is 10.6 Å². The lowest BCUT2D eigenvalue weighted by Crippen LogP contribution is -2.28. The molecule has 10 heteroatoms. The summed E-state index contributed by atoms with van der Waals surface area (Å²) in [6.45, 7) is 0.890. The second kappa shape index (κ2) is 8.47. The van der Waals surface area contributed by atoms with Crippen molar-refractivity contribution >= 4 is 56.4 Å². The second-order valence-corrected chi connectivity index (χ2v) is 9.31. The van der Waals surface area contributed by atoms with E-state index in [4.69, 9.17) is 39.5 Å². The number of hydrogen-bond acceptors (Lipinski definition) is 4. The van der Waals surface area contributed by atoms with Crippen LogP contribution in [0.4, 0.5) is 5.69 Å². The van der Waals surface area contributed by atoms with E-state index in [1.54, 1.807) is 0 Å². The zero-order valence-corrected chi connectivity index (χ0v) is 17.9. The largest absolute Gasteiger partial charge is 0.495 e. The molecule has 1 aliphatic heterocycles. The van der Waals surface area contributed by atoms with E-state index in [0.29, 0.717) is 13.1 Å². The molecule has 150 valence electrons. The van der Waals surface area contributed by atoms with Gasteiger partial charge in [0.2, 0.25) is 10.0 Å². The van der Waals surface area contributed by atoms with E-state index < -0.39 is 15.9 Å². The highest BCUT2D eigenvalue weighted by atomic mass is 35.5. The quantitative estimate of drug-likeness (QED) is 0.653. The topological polar surface area (TPSA) is 75.7 Å². The number of methoxy groups -OCH3 is 1. The maximum Gasteiger partial charge on any atom is 0.255 e. The molecule has 0 aliphatic carbocycles. The number of nitrogens with zero attached hydrogens (tertiary/aromatic N) is 1. The lowest BCUT2D eigenvalue weighted by Gasteiger charge is -2.18. The number of anilines is 1. The van der Waals surface area contributed by atoms with Crippen molar-refractivity contribution in [2.45, 2.75) is 17.7 Å². The second-order valence-electron chi connectivity index (χ2n) is 6.18. The molecule has 2 aromatic carbocycles. The Morgan fingerprint density at radius 1 is 1.04 bits per heavy atom. The third kappa shape index (κ3) is 4.23. The minimum atomic E-state index is -3.77. The lowest BCUT2D eigenvalue weighted by molar-refractivity contribution is 0.102. The first kappa shape index (κ1) is 21.2. The van der Waals surface area contributed by atoms with Gasteiger partial charge in [0.15, 0.2) is 0 Å². The minimum Gasteiger partial charge on any atom is -0.495 e. The highest BCUT2D eigenvalue weighted by molar-refractivity contribution is 7.89. The number of rotatable bonds is 5. The smallest absolute Gasteiger partial charge is 0.255 e. The molecule has 0 spiro atoms. The first-order valence-electron chi connectivity index (χ1n) is 8.38. The highest BCUT2D eigenvalue weighted by Crippen LogP contribution is 2.33. The molecule has 0 saturated carbocycles. The van der Waals surface area contributed by atoms with E-state index in [1.165, 1.54) is 41.7 Å². The zero-order valence-electron chi connectivity index (χ0n) is 14.8. The Balaban J connectivity index is 1.95. The van der Waals surface area contributed by atoms with Gasteiger partial charge in [-0.3, -0.25) is 4.79 Å². The summed E-state index contributed by atoms with van der Waals surface area (Å²) in [5, 5.41) is 3.31. The molecule has 1 N–H and O–H groups in total. The van der Waals surface area contributed by atoms with Crippen molar-refractivity contribution in [1.29, 1.82) is 0 Å². The molecule has 6 nitrogen and oxygen atoms in total. The van der Waals surface area contributed by atoms with Gasteiger partial charge in [-0.15, -0.1) is 0 Å². The van der Waals surface area contributed by atoms with Crippen LogP contribution < -0.4 is 10.1 Å². The van der Waals surface area contributed by atoms with Crippen LogP contribution >= 0.6 is 34.8 Å². The van der Waals surface area contributed by atoms with E-state index >= 15 is 0 Å². The van der Waals surface area contributed by atoms with Crippen molar-refractivity contribution < 1.29 is 17.9 Å². The van der Waals surface area contributed by atoms with Gasteiger partial charge in [0.05, 0.1) is 27.9 Å². The predicted octanol–water partition coefficient (Wildman–Crippen LogP) is 4.69. The van der Waals surface area contributed by atoms with Crippen LogP contribution in [0.3, 0.4) is 0 Å². The van der Waals surface area contributed by atoms with Crippen molar-refractivity contribution in [1.82, 2.24) is 4.31 Å². The third-order valence-electron chi connectivity index (χ3n) is 4.37. The van der Waals surface area contributed by atoms with Gasteiger partial charge in [-0.25, -0.2) is 8.42 Å². The average Bonchev–Trinajstić information content (AvgIpc) is 3.21. The van der Waals surface area contributed by atoms with Crippen LogP contribution in [0.2, 0.25) is 15.1 Å². The zero-order chi connectivity index (χ0) is 20.5. The fourth-order valence-electron chi connectivity index (χ4n) is 2.90. The van der Waals surface area contributed by atoms with Crippen LogP contribution in [0.15, 0.2) is 35.2 Å². The molecule has 0 aromatic heterocycles. The lowest BCUT2D eigenvalue weighted by atomic mass is 10.2. The maximum atomic E-state index is 12.9. The van der Waals surface area contributed by atoms with Gasteiger partial charge in [-0.2, -0.15) is 4.31 Å². The average molecular weight is 464 g/mol. The number of carbonyl (C=O) groups is 1. The Morgan fingerprint density at radius 3 is 2.32 bits per heavy atom. The van der Waals surface area contributed by atoms with Gasteiger partial charge < -0.3 is 10.1 Å². The van der Waals surface area contributed by atoms with Gasteiger partial charge >= 0.3 is 0 Å². The number of hydrogen-bond donors (Lipinski definition) is 1. The Kier molecular flexibility index (Phi) is 6.41. The highest BCUT2D eigenvalue weighted by Gasteiger charge is 2.30. The maximum absolute atomic E-state index is 12.9. The summed E-state index contributed by atoms with van der Waals surface area (Å²) in [6.07, 6.45) is 1.61. The van der Waals surface area contributed by atoms with Crippen LogP contribution in [-0.2, 0) is 10.0 Å². The third-order valence-corrected chi connectivity index (χ3v) is 7.32. The summed E-state index contributed by atoms with van der Waals surface area (Å²) >= 11 is 18.0. The fourth-order valence-corrected chi connectivity index (χ4v) is 5.19. The number of benzene rings is 2. The molecule has 1 saturated heterocycles. The molecule has 0 bridgehead atoms. The van der Waals surface area contributed by atoms with Crippen LogP contribution in [0.25, 0.3) is 0 Å². The number of halogens is 3. The van der Waals surface area contributed by atoms with Crippen LogP contribution in [0, 0.1) is 0 Å². The molecule has 1 fully saturated rings. The molecule has 0 unspecified atom stereocenters. The normalized spacial score (nSPS) is 14.9. The van der Waals surface area contributed by atoms with Gasteiger partial charge in [-0.05, 0) is 43.2 Å². The van der Waals surface area contributed by atoms with E-state index in [9.17, 15) is 13.2 Å². The van der Waals surface area contributed by atoms with Crippen LogP contribution in [0.1, 0.15) is 23.2 Å². The number of carbonyl (C=O) groups excluding carboxylic acids is 1. The van der Waals surface area contributed by atoms with Gasteiger partial charge in [0.25, 0.3) is 5.91 Å². The van der Waals surface area contributed by atoms with Crippen molar-refractivity contribution in [3.05, 3.63) is 51.0 Å². The van der Waals surface area contributed by atoms with Crippen LogP contribution in [-0.4, -0.2) is 38.8 Å². The molecule has 0 atom stereocenters. The number of sulfonamides is 1. The Labute approximate surface area is 178 Å². The summed E-state index contributed by atoms with van der Waals surface area (Å²) in [5.41, 5.74) is 0.404. The molecule has 1 aliphatic rings. The van der Waals surface area contributed by atoms with E-state index in [-0.39, 0.29) is 37.0 Å². The minimum absolute atomic E-state index is 0.0511. The van der Waals surface area contributed by atoms with Gasteiger partial charge in [0, 0.05) is 18.7 Å². The number of amides is 1. The molecule has 28 heavy (non-hydrogen) atoms. The number of nitrogens with one attached hydrogen (secondary N) is 1. The Hall–Kier alpha value is -1.51. The first-order chi connectivity index (χ1) is 13.2. The van der Waals surface area contributed by atoms with Crippen LogP contribution in [0.5, 0.6) is 5.75 Å². The molecule has 2 aromatic rings. The number of ether oxygens (including phenoxy) is 1. The molecule has 1 heterocycles. The predicted molar refractivity (Wildman–Crippen MR) is 110 cm³/mol. The van der Waals surface area contributed by atoms with E-state index in [2.05, 4.69) is 5.32 Å². The summed E-state index contributed by atoms with van der Waals surface area (Å²) < 4.78 is 32.5. The standard InChI is InChI=1S/C18H17Cl3N2O4S/c1-27-16-5-4-11(8-17(16)28(25,26)23-6-2-3-7-23)18(24)22-15-10-13(20)12(19)9-14(15)21/h4-5,8-10H,2-3,6-7H2,1H3,(H,22,24). The van der Waals surface area contributed by atoms with Crippen molar-refractivity contribution in [2.75, 3.05) is 25.5 Å². The molecule has 3 rings (SSSR count). The van der Waals surface area contributed by atoms with E-state index in [0.717, 1.165) is 12.8 Å². The molecular formula is C18H17Cl3N2O4S. The summed E-state index contributed by atoms with van der Waals surface area (Å²) in [6, 6.07) is 7.07.